The summed E-state index contributed by atoms with van der Waals surface area (Å²) < 4.78 is 0. The van der Waals surface area contributed by atoms with Crippen LogP contribution < -0.4 is 5.73 Å². The Hall–Kier alpha value is -2.34. The smallest absolute Gasteiger partial charge is 0.323 e. The highest BCUT2D eigenvalue weighted by molar-refractivity contribution is 5.85. The Morgan fingerprint density at radius 1 is 1.35 bits per heavy atom. The number of carboxylic acid groups (broad SMARTS) is 1. The average molecular weight is 278 g/mol. The van der Waals surface area contributed by atoms with Crippen molar-refractivity contribution in [3.05, 3.63) is 42.5 Å². The molecule has 20 heavy (non-hydrogen) atoms. The third-order valence-electron chi connectivity index (χ3n) is 2.70. The van der Waals surface area contributed by atoms with Crippen LogP contribution in [0, 0.1) is 0 Å². The number of carboxylic acids is 1. The van der Waals surface area contributed by atoms with Crippen LogP contribution in [0.4, 0.5) is 0 Å². The maximum Gasteiger partial charge on any atom is 0.323 e. The molecule has 1 amide bonds. The van der Waals surface area contributed by atoms with Crippen LogP contribution in [0.15, 0.2) is 36.9 Å². The predicted octanol–water partition coefficient (Wildman–Crippen LogP) is 0.361. The molecule has 1 aromatic rings. The zero-order valence-electron chi connectivity index (χ0n) is 11.0. The van der Waals surface area contributed by atoms with Gasteiger partial charge in [0.1, 0.15) is 12.3 Å². The number of aromatic hydroxyl groups is 1. The van der Waals surface area contributed by atoms with Gasteiger partial charge in [-0.25, -0.2) is 0 Å². The van der Waals surface area contributed by atoms with Gasteiger partial charge in [0.25, 0.3) is 0 Å². The van der Waals surface area contributed by atoms with Gasteiger partial charge in [0.15, 0.2) is 0 Å². The van der Waals surface area contributed by atoms with E-state index in [9.17, 15) is 14.7 Å². The quantitative estimate of drug-likeness (QED) is 0.625. The van der Waals surface area contributed by atoms with Gasteiger partial charge < -0.3 is 20.8 Å². The Morgan fingerprint density at radius 2 is 1.95 bits per heavy atom. The molecular formula is C14H18N2O4. The molecule has 0 aromatic heterocycles. The molecule has 0 bridgehead atoms. The fourth-order valence-electron chi connectivity index (χ4n) is 1.76. The van der Waals surface area contributed by atoms with Crippen molar-refractivity contribution >= 4 is 11.9 Å². The molecule has 108 valence electrons. The highest BCUT2D eigenvalue weighted by atomic mass is 16.4. The van der Waals surface area contributed by atoms with E-state index in [2.05, 4.69) is 6.58 Å². The standard InChI is InChI=1S/C14H18N2O4/c1-2-7-16(9-13(18)19)14(20)12(15)8-10-3-5-11(17)6-4-10/h2-6,12,17H,1,7-9,15H2,(H,18,19)/t12-/m0/s1. The first-order chi connectivity index (χ1) is 9.43. The second-order valence-corrected chi connectivity index (χ2v) is 4.38. The number of nitrogens with two attached hydrogens (primary N) is 1. The Kier molecular flexibility index (Phi) is 5.74. The number of hydrogen-bond donors (Lipinski definition) is 3. The SMILES string of the molecule is C=CCN(CC(=O)O)C(=O)[C@@H](N)Cc1ccc(O)cc1. The molecule has 4 N–H and O–H groups in total. The lowest BCUT2D eigenvalue weighted by Crippen LogP contribution is -2.46. The maximum atomic E-state index is 12.1. The van der Waals surface area contributed by atoms with Gasteiger partial charge in [-0.3, -0.25) is 9.59 Å². The van der Waals surface area contributed by atoms with Crippen molar-refractivity contribution in [1.82, 2.24) is 4.90 Å². The van der Waals surface area contributed by atoms with Crippen molar-refractivity contribution in [3.8, 4) is 5.75 Å². The molecular weight excluding hydrogens is 260 g/mol. The minimum Gasteiger partial charge on any atom is -0.508 e. The zero-order valence-corrected chi connectivity index (χ0v) is 11.0. The van der Waals surface area contributed by atoms with E-state index in [1.54, 1.807) is 12.1 Å². The van der Waals surface area contributed by atoms with Crippen LogP contribution in [-0.4, -0.2) is 46.1 Å². The number of phenolic OH excluding ortho intramolecular Hbond substituents is 1. The summed E-state index contributed by atoms with van der Waals surface area (Å²) in [6.45, 7) is 3.21. The van der Waals surface area contributed by atoms with Gasteiger partial charge in [0, 0.05) is 6.54 Å². The van der Waals surface area contributed by atoms with Crippen molar-refractivity contribution in [3.63, 3.8) is 0 Å². The number of benzene rings is 1. The lowest BCUT2D eigenvalue weighted by Gasteiger charge is -2.22. The van der Waals surface area contributed by atoms with Crippen molar-refractivity contribution in [1.29, 1.82) is 0 Å². The number of phenols is 1. The molecule has 1 atom stereocenters. The largest absolute Gasteiger partial charge is 0.508 e. The molecule has 0 spiro atoms. The molecule has 0 heterocycles. The monoisotopic (exact) mass is 278 g/mol. The van der Waals surface area contributed by atoms with Crippen molar-refractivity contribution in [2.45, 2.75) is 12.5 Å². The molecule has 0 aliphatic heterocycles. The van der Waals surface area contributed by atoms with E-state index in [0.29, 0.717) is 0 Å². The summed E-state index contributed by atoms with van der Waals surface area (Å²) in [5.74, 6) is -1.41. The van der Waals surface area contributed by atoms with Crippen LogP contribution in [0.5, 0.6) is 5.75 Å². The molecule has 6 nitrogen and oxygen atoms in total. The van der Waals surface area contributed by atoms with Gasteiger partial charge in [-0.1, -0.05) is 18.2 Å². The van der Waals surface area contributed by atoms with Gasteiger partial charge in [0.2, 0.25) is 5.91 Å². The summed E-state index contributed by atoms with van der Waals surface area (Å²) in [6, 6.07) is 5.50. The van der Waals surface area contributed by atoms with Crippen LogP contribution in [-0.2, 0) is 16.0 Å². The van der Waals surface area contributed by atoms with Crippen LogP contribution in [0.1, 0.15) is 5.56 Å². The molecule has 0 fully saturated rings. The summed E-state index contributed by atoms with van der Waals surface area (Å²) >= 11 is 0. The van der Waals surface area contributed by atoms with Gasteiger partial charge in [-0.15, -0.1) is 6.58 Å². The minimum atomic E-state index is -1.10. The molecule has 0 saturated carbocycles. The number of nitrogens with zero attached hydrogens (tertiary/aromatic N) is 1. The number of carbonyl (C=O) groups excluding carboxylic acids is 1. The Balaban J connectivity index is 2.70. The second-order valence-electron chi connectivity index (χ2n) is 4.38. The number of aliphatic carboxylic acids is 1. The van der Waals surface area contributed by atoms with E-state index in [0.717, 1.165) is 10.5 Å². The first-order valence-corrected chi connectivity index (χ1v) is 6.09. The van der Waals surface area contributed by atoms with E-state index in [1.165, 1.54) is 18.2 Å². The number of rotatable bonds is 7. The maximum absolute atomic E-state index is 12.1. The fourth-order valence-corrected chi connectivity index (χ4v) is 1.76. The number of carbonyl (C=O) groups is 2. The topological polar surface area (TPSA) is 104 Å². The van der Waals surface area contributed by atoms with E-state index >= 15 is 0 Å². The Morgan fingerprint density at radius 3 is 2.45 bits per heavy atom. The molecule has 0 aliphatic rings. The Labute approximate surface area is 117 Å². The predicted molar refractivity (Wildman–Crippen MR) is 74.2 cm³/mol. The Bertz CT molecular complexity index is 484. The van der Waals surface area contributed by atoms with Crippen molar-refractivity contribution in [2.24, 2.45) is 5.73 Å². The molecule has 6 heteroatoms. The van der Waals surface area contributed by atoms with Crippen LogP contribution in [0.25, 0.3) is 0 Å². The lowest BCUT2D eigenvalue weighted by atomic mass is 10.1. The molecule has 0 radical (unpaired) electrons. The first kappa shape index (κ1) is 15.7. The molecule has 1 aromatic carbocycles. The third-order valence-corrected chi connectivity index (χ3v) is 2.70. The van der Waals surface area contributed by atoms with Crippen molar-refractivity contribution < 1.29 is 19.8 Å². The van der Waals surface area contributed by atoms with E-state index in [-0.39, 0.29) is 18.7 Å². The molecule has 0 saturated heterocycles. The average Bonchev–Trinajstić information content (AvgIpc) is 2.39. The fraction of sp³-hybridized carbons (Fsp3) is 0.286. The molecule has 0 unspecified atom stereocenters. The normalized spacial score (nSPS) is 11.7. The van der Waals surface area contributed by atoms with Gasteiger partial charge in [-0.05, 0) is 24.1 Å². The summed E-state index contributed by atoms with van der Waals surface area (Å²) in [6.07, 6.45) is 1.72. The summed E-state index contributed by atoms with van der Waals surface area (Å²) in [5, 5.41) is 17.9. The van der Waals surface area contributed by atoms with Crippen molar-refractivity contribution in [2.75, 3.05) is 13.1 Å². The highest BCUT2D eigenvalue weighted by Gasteiger charge is 2.22. The lowest BCUT2D eigenvalue weighted by molar-refractivity contribution is -0.144. The minimum absolute atomic E-state index is 0.132. The van der Waals surface area contributed by atoms with E-state index < -0.39 is 24.5 Å². The highest BCUT2D eigenvalue weighted by Crippen LogP contribution is 2.11. The zero-order chi connectivity index (χ0) is 15.1. The van der Waals surface area contributed by atoms with E-state index in [4.69, 9.17) is 10.8 Å². The second kappa shape index (κ2) is 7.30. The van der Waals surface area contributed by atoms with Gasteiger partial charge in [0.05, 0.1) is 6.04 Å². The third kappa shape index (κ3) is 4.74. The number of amides is 1. The first-order valence-electron chi connectivity index (χ1n) is 6.09. The van der Waals surface area contributed by atoms with E-state index in [1.807, 2.05) is 0 Å². The summed E-state index contributed by atoms with van der Waals surface area (Å²) in [4.78, 5) is 23.9. The van der Waals surface area contributed by atoms with Gasteiger partial charge in [-0.2, -0.15) is 0 Å². The molecule has 0 aliphatic carbocycles. The number of hydrogen-bond acceptors (Lipinski definition) is 4. The van der Waals surface area contributed by atoms with Gasteiger partial charge >= 0.3 is 5.97 Å². The van der Waals surface area contributed by atoms with Crippen LogP contribution in [0.2, 0.25) is 0 Å². The van der Waals surface area contributed by atoms with Crippen LogP contribution >= 0.6 is 0 Å². The van der Waals surface area contributed by atoms with Crippen LogP contribution in [0.3, 0.4) is 0 Å². The summed E-state index contributed by atoms with van der Waals surface area (Å²) in [7, 11) is 0. The summed E-state index contributed by atoms with van der Waals surface area (Å²) in [5.41, 5.74) is 6.60. The molecule has 1 rings (SSSR count).